The summed E-state index contributed by atoms with van der Waals surface area (Å²) in [4.78, 5) is 28.8. The van der Waals surface area contributed by atoms with Gasteiger partial charge in [0, 0.05) is 19.5 Å². The molecule has 0 aliphatic rings. The van der Waals surface area contributed by atoms with Crippen molar-refractivity contribution in [1.29, 1.82) is 0 Å². The molecule has 0 fully saturated rings. The fourth-order valence-electron chi connectivity index (χ4n) is 3.74. The van der Waals surface area contributed by atoms with Crippen LogP contribution in [0.1, 0.15) is 36.1 Å². The van der Waals surface area contributed by atoms with Gasteiger partial charge in [0.05, 0.1) is 6.42 Å². The van der Waals surface area contributed by atoms with E-state index in [9.17, 15) is 9.59 Å². The van der Waals surface area contributed by atoms with Crippen molar-refractivity contribution >= 4 is 11.8 Å². The molecule has 2 amide bonds. The molecule has 3 aromatic carbocycles. The predicted octanol–water partition coefficient (Wildman–Crippen LogP) is 4.95. The van der Waals surface area contributed by atoms with Gasteiger partial charge in [-0.25, -0.2) is 0 Å². The molecule has 3 aromatic rings. The van der Waals surface area contributed by atoms with Crippen LogP contribution in [0, 0.1) is 12.8 Å². The Bertz CT molecular complexity index is 1010. The molecule has 0 aliphatic heterocycles. The van der Waals surface area contributed by atoms with E-state index < -0.39 is 6.04 Å². The van der Waals surface area contributed by atoms with Crippen molar-refractivity contribution in [2.45, 2.75) is 46.2 Å². The van der Waals surface area contributed by atoms with E-state index in [-0.39, 0.29) is 18.2 Å². The molecule has 0 saturated carbocycles. The van der Waals surface area contributed by atoms with E-state index in [1.54, 1.807) is 4.90 Å². The van der Waals surface area contributed by atoms with E-state index in [1.807, 2.05) is 91.9 Å². The number of amides is 2. The summed E-state index contributed by atoms with van der Waals surface area (Å²) in [7, 11) is 0. The summed E-state index contributed by atoms with van der Waals surface area (Å²) in [6.07, 6.45) is 0.729. The van der Waals surface area contributed by atoms with Crippen LogP contribution < -0.4 is 5.32 Å². The zero-order valence-corrected chi connectivity index (χ0v) is 19.8. The minimum atomic E-state index is -0.593. The Morgan fingerprint density at radius 3 is 1.94 bits per heavy atom. The van der Waals surface area contributed by atoms with Gasteiger partial charge >= 0.3 is 0 Å². The fraction of sp³-hybridized carbons (Fsp3) is 0.310. The Morgan fingerprint density at radius 1 is 0.788 bits per heavy atom. The van der Waals surface area contributed by atoms with E-state index in [4.69, 9.17) is 0 Å². The van der Waals surface area contributed by atoms with Crippen LogP contribution in [0.3, 0.4) is 0 Å². The molecule has 0 aliphatic carbocycles. The third-order valence-corrected chi connectivity index (χ3v) is 5.63. The first-order valence-electron chi connectivity index (χ1n) is 11.6. The van der Waals surface area contributed by atoms with Crippen molar-refractivity contribution in [1.82, 2.24) is 10.2 Å². The molecule has 0 radical (unpaired) electrons. The van der Waals surface area contributed by atoms with Gasteiger partial charge in [0.25, 0.3) is 0 Å². The molecular weight excluding hydrogens is 408 g/mol. The van der Waals surface area contributed by atoms with Crippen molar-refractivity contribution in [3.05, 3.63) is 107 Å². The summed E-state index contributed by atoms with van der Waals surface area (Å²) in [6.45, 7) is 7.13. The maximum atomic E-state index is 13.6. The van der Waals surface area contributed by atoms with Crippen molar-refractivity contribution in [2.24, 2.45) is 5.92 Å². The zero-order chi connectivity index (χ0) is 23.6. The Morgan fingerprint density at radius 2 is 1.36 bits per heavy atom. The number of rotatable bonds is 10. The Labute approximate surface area is 197 Å². The van der Waals surface area contributed by atoms with Gasteiger partial charge in [-0.2, -0.15) is 0 Å². The maximum Gasteiger partial charge on any atom is 0.243 e. The molecule has 0 heterocycles. The molecule has 33 heavy (non-hydrogen) atoms. The van der Waals surface area contributed by atoms with Crippen LogP contribution >= 0.6 is 0 Å². The lowest BCUT2D eigenvalue weighted by Gasteiger charge is -2.32. The van der Waals surface area contributed by atoms with Gasteiger partial charge in [-0.15, -0.1) is 0 Å². The molecule has 1 unspecified atom stereocenters. The average molecular weight is 443 g/mol. The van der Waals surface area contributed by atoms with Gasteiger partial charge in [-0.05, 0) is 29.5 Å². The quantitative estimate of drug-likeness (QED) is 0.483. The monoisotopic (exact) mass is 442 g/mol. The molecule has 0 bridgehead atoms. The van der Waals surface area contributed by atoms with E-state index >= 15 is 0 Å². The number of nitrogens with zero attached hydrogens (tertiary/aromatic N) is 1. The summed E-state index contributed by atoms with van der Waals surface area (Å²) >= 11 is 0. The van der Waals surface area contributed by atoms with E-state index in [2.05, 4.69) is 19.2 Å². The van der Waals surface area contributed by atoms with E-state index in [0.717, 1.165) is 22.3 Å². The summed E-state index contributed by atoms with van der Waals surface area (Å²) in [5.41, 5.74) is 4.14. The molecule has 172 valence electrons. The first-order valence-corrected chi connectivity index (χ1v) is 11.6. The topological polar surface area (TPSA) is 49.4 Å². The molecule has 1 atom stereocenters. The van der Waals surface area contributed by atoms with Gasteiger partial charge in [-0.3, -0.25) is 9.59 Å². The lowest BCUT2D eigenvalue weighted by molar-refractivity contribution is -0.140. The predicted molar refractivity (Wildman–Crippen MR) is 134 cm³/mol. The van der Waals surface area contributed by atoms with E-state index in [1.165, 1.54) is 0 Å². The maximum absolute atomic E-state index is 13.6. The van der Waals surface area contributed by atoms with Gasteiger partial charge < -0.3 is 10.2 Å². The van der Waals surface area contributed by atoms with Gasteiger partial charge in [0.15, 0.2) is 0 Å². The largest absolute Gasteiger partial charge is 0.354 e. The number of hydrogen-bond donors (Lipinski definition) is 1. The average Bonchev–Trinajstić information content (AvgIpc) is 2.82. The smallest absolute Gasteiger partial charge is 0.243 e. The summed E-state index contributed by atoms with van der Waals surface area (Å²) < 4.78 is 0. The van der Waals surface area contributed by atoms with Crippen LogP contribution in [0.15, 0.2) is 84.9 Å². The number of carbonyl (C=O) groups is 2. The molecule has 4 nitrogen and oxygen atoms in total. The highest BCUT2D eigenvalue weighted by Gasteiger charge is 2.30. The van der Waals surface area contributed by atoms with Crippen LogP contribution in [-0.2, 0) is 29.0 Å². The molecule has 0 aromatic heterocycles. The Hall–Kier alpha value is -3.40. The molecule has 4 heteroatoms. The van der Waals surface area contributed by atoms with Crippen molar-refractivity contribution in [3.8, 4) is 0 Å². The van der Waals surface area contributed by atoms with Crippen molar-refractivity contribution in [2.75, 3.05) is 6.54 Å². The zero-order valence-electron chi connectivity index (χ0n) is 19.8. The first-order chi connectivity index (χ1) is 15.9. The lowest BCUT2D eigenvalue weighted by atomic mass is 10.0. The lowest BCUT2D eigenvalue weighted by Crippen LogP contribution is -2.51. The molecule has 3 rings (SSSR count). The van der Waals surface area contributed by atoms with Gasteiger partial charge in [-0.1, -0.05) is 104 Å². The Balaban J connectivity index is 1.92. The Kier molecular flexibility index (Phi) is 8.82. The number of carbonyl (C=O) groups excluding carboxylic acids is 2. The van der Waals surface area contributed by atoms with Crippen LogP contribution in [-0.4, -0.2) is 29.3 Å². The number of benzene rings is 3. The minimum Gasteiger partial charge on any atom is -0.354 e. The van der Waals surface area contributed by atoms with Crippen molar-refractivity contribution in [3.63, 3.8) is 0 Å². The van der Waals surface area contributed by atoms with Gasteiger partial charge in [0.1, 0.15) is 6.04 Å². The van der Waals surface area contributed by atoms with Crippen LogP contribution in [0.5, 0.6) is 0 Å². The van der Waals surface area contributed by atoms with Gasteiger partial charge in [0.2, 0.25) is 11.8 Å². The highest BCUT2D eigenvalue weighted by atomic mass is 16.2. The second kappa shape index (κ2) is 12.0. The first kappa shape index (κ1) is 24.2. The number of hydrogen-bond acceptors (Lipinski definition) is 2. The van der Waals surface area contributed by atoms with Crippen molar-refractivity contribution < 1.29 is 9.59 Å². The normalized spacial score (nSPS) is 11.8. The summed E-state index contributed by atoms with van der Waals surface area (Å²) in [5, 5.41) is 3.06. The van der Waals surface area contributed by atoms with Crippen LogP contribution in [0.2, 0.25) is 0 Å². The molecular formula is C29H34N2O2. The number of aryl methyl sites for hydroxylation is 1. The SMILES string of the molecule is Cc1ccc(CC(=O)N(Cc2ccccc2)C(Cc2ccccc2)C(=O)NCC(C)C)cc1. The molecule has 0 spiro atoms. The van der Waals surface area contributed by atoms with Crippen LogP contribution in [0.25, 0.3) is 0 Å². The second-order valence-electron chi connectivity index (χ2n) is 9.01. The summed E-state index contributed by atoms with van der Waals surface area (Å²) in [6, 6.07) is 27.2. The summed E-state index contributed by atoms with van der Waals surface area (Å²) in [5.74, 6) is 0.168. The number of nitrogens with one attached hydrogen (secondary N) is 1. The highest BCUT2D eigenvalue weighted by Crippen LogP contribution is 2.17. The fourth-order valence-corrected chi connectivity index (χ4v) is 3.74. The third-order valence-electron chi connectivity index (χ3n) is 5.63. The van der Waals surface area contributed by atoms with Crippen LogP contribution in [0.4, 0.5) is 0 Å². The molecule has 1 N–H and O–H groups in total. The third kappa shape index (κ3) is 7.60. The molecule has 0 saturated heterocycles. The highest BCUT2D eigenvalue weighted by molar-refractivity contribution is 5.88. The minimum absolute atomic E-state index is 0.0525. The van der Waals surface area contributed by atoms with E-state index in [0.29, 0.717) is 25.4 Å². The standard InChI is InChI=1S/C29H34N2O2/c1-22(2)20-30-29(33)27(18-24-10-6-4-7-11-24)31(21-26-12-8-5-9-13-26)28(32)19-25-16-14-23(3)15-17-25/h4-17,22,27H,18-21H2,1-3H3,(H,30,33). The second-order valence-corrected chi connectivity index (χ2v) is 9.01.